The van der Waals surface area contributed by atoms with E-state index in [1.54, 1.807) is 6.92 Å². The minimum atomic E-state index is 0.269. The summed E-state index contributed by atoms with van der Waals surface area (Å²) in [6.45, 7) is 10.9. The van der Waals surface area contributed by atoms with Crippen molar-refractivity contribution in [2.45, 2.75) is 47.1 Å². The van der Waals surface area contributed by atoms with Crippen molar-refractivity contribution in [2.75, 3.05) is 13.6 Å². The van der Waals surface area contributed by atoms with Gasteiger partial charge in [0, 0.05) is 6.54 Å². The fraction of sp³-hybridized carbons (Fsp3) is 0.917. The molecule has 1 aliphatic heterocycles. The van der Waals surface area contributed by atoms with Gasteiger partial charge in [0.05, 0.1) is 6.04 Å². The van der Waals surface area contributed by atoms with Crippen LogP contribution in [0.15, 0.2) is 0 Å². The van der Waals surface area contributed by atoms with Crippen LogP contribution in [0.25, 0.3) is 0 Å². The van der Waals surface area contributed by atoms with Crippen LogP contribution in [0.2, 0.25) is 0 Å². The average Bonchev–Trinajstić information content (AvgIpc) is 2.84. The molecule has 1 saturated carbocycles. The Morgan fingerprint density at radius 1 is 1.21 bits per heavy atom. The van der Waals surface area contributed by atoms with Crippen LogP contribution in [0, 0.1) is 11.8 Å². The van der Waals surface area contributed by atoms with Crippen LogP contribution in [-0.2, 0) is 4.79 Å². The molecule has 0 amide bonds. The summed E-state index contributed by atoms with van der Waals surface area (Å²) in [5.41, 5.74) is 0. The maximum Gasteiger partial charge on any atom is 0.147 e. The average molecular weight is 199 g/mol. The number of likely N-dealkylation sites (tertiary alicyclic amines) is 1. The van der Waals surface area contributed by atoms with E-state index in [-0.39, 0.29) is 6.04 Å². The standard InChI is InChI=1S/C8H13NO.2C2H6/c1-5(10)8-7-3-6(7)4-9(8)2;2*1-2/h6-8H,3-4H2,1-2H3;2*1-2H3. The Hall–Kier alpha value is -0.370. The maximum absolute atomic E-state index is 11.1. The van der Waals surface area contributed by atoms with E-state index in [1.807, 2.05) is 27.7 Å². The lowest BCUT2D eigenvalue weighted by atomic mass is 10.1. The van der Waals surface area contributed by atoms with Crippen LogP contribution in [0.5, 0.6) is 0 Å². The number of carbonyl (C=O) groups is 1. The first-order chi connectivity index (χ1) is 6.70. The van der Waals surface area contributed by atoms with Crippen molar-refractivity contribution in [3.05, 3.63) is 0 Å². The second-order valence-electron chi connectivity index (χ2n) is 3.65. The fourth-order valence-electron chi connectivity index (χ4n) is 2.29. The molecule has 1 aliphatic carbocycles. The van der Waals surface area contributed by atoms with Gasteiger partial charge in [-0.15, -0.1) is 0 Å². The summed E-state index contributed by atoms with van der Waals surface area (Å²) in [6, 6.07) is 0.269. The van der Waals surface area contributed by atoms with E-state index in [4.69, 9.17) is 0 Å². The number of likely N-dealkylation sites (N-methyl/N-ethyl adjacent to an activating group) is 1. The number of nitrogens with zero attached hydrogens (tertiary/aromatic N) is 1. The third kappa shape index (κ3) is 2.81. The molecule has 3 unspecified atom stereocenters. The molecule has 0 spiro atoms. The molecule has 0 aromatic carbocycles. The van der Waals surface area contributed by atoms with Crippen molar-refractivity contribution in [3.63, 3.8) is 0 Å². The SMILES string of the molecule is CC.CC.CC(=O)C1C2CC2CN1C. The van der Waals surface area contributed by atoms with Crippen LogP contribution < -0.4 is 0 Å². The van der Waals surface area contributed by atoms with Crippen molar-refractivity contribution >= 4 is 5.78 Å². The van der Waals surface area contributed by atoms with Gasteiger partial charge in [-0.05, 0) is 32.2 Å². The van der Waals surface area contributed by atoms with Crippen LogP contribution in [0.3, 0.4) is 0 Å². The van der Waals surface area contributed by atoms with Gasteiger partial charge in [-0.3, -0.25) is 9.69 Å². The zero-order chi connectivity index (χ0) is 11.3. The molecule has 1 heterocycles. The summed E-state index contributed by atoms with van der Waals surface area (Å²) in [5, 5.41) is 0. The van der Waals surface area contributed by atoms with Crippen molar-refractivity contribution in [2.24, 2.45) is 11.8 Å². The zero-order valence-electron chi connectivity index (χ0n) is 10.5. The Kier molecular flexibility index (Phi) is 6.01. The third-order valence-corrected chi connectivity index (χ3v) is 2.80. The highest BCUT2D eigenvalue weighted by molar-refractivity contribution is 5.82. The number of hydrogen-bond acceptors (Lipinski definition) is 2. The van der Waals surface area contributed by atoms with Gasteiger partial charge in [0.25, 0.3) is 0 Å². The van der Waals surface area contributed by atoms with Gasteiger partial charge < -0.3 is 0 Å². The molecule has 2 aliphatic rings. The summed E-state index contributed by atoms with van der Waals surface area (Å²) in [6.07, 6.45) is 1.30. The van der Waals surface area contributed by atoms with Gasteiger partial charge in [0.2, 0.25) is 0 Å². The highest BCUT2D eigenvalue weighted by Gasteiger charge is 2.52. The molecule has 2 heteroatoms. The lowest BCUT2D eigenvalue weighted by Crippen LogP contribution is -2.34. The van der Waals surface area contributed by atoms with Gasteiger partial charge in [0.15, 0.2) is 0 Å². The predicted molar refractivity (Wildman–Crippen MR) is 61.4 cm³/mol. The molecule has 1 saturated heterocycles. The van der Waals surface area contributed by atoms with E-state index in [0.717, 1.165) is 18.4 Å². The van der Waals surface area contributed by atoms with Crippen LogP contribution in [-0.4, -0.2) is 30.3 Å². The monoisotopic (exact) mass is 199 g/mol. The maximum atomic E-state index is 11.1. The van der Waals surface area contributed by atoms with Crippen molar-refractivity contribution < 1.29 is 4.79 Å². The molecule has 84 valence electrons. The van der Waals surface area contributed by atoms with Crippen LogP contribution >= 0.6 is 0 Å². The minimum absolute atomic E-state index is 0.269. The molecule has 3 atom stereocenters. The first-order valence-corrected chi connectivity index (χ1v) is 5.91. The Labute approximate surface area is 88.7 Å². The summed E-state index contributed by atoms with van der Waals surface area (Å²) >= 11 is 0. The van der Waals surface area contributed by atoms with E-state index in [2.05, 4.69) is 11.9 Å². The normalized spacial score (nSPS) is 33.1. The first-order valence-electron chi connectivity index (χ1n) is 5.91. The summed E-state index contributed by atoms with van der Waals surface area (Å²) < 4.78 is 0. The number of carbonyl (C=O) groups excluding carboxylic acids is 1. The predicted octanol–water partition coefficient (Wildman–Crippen LogP) is 2.58. The largest absolute Gasteiger partial charge is 0.298 e. The van der Waals surface area contributed by atoms with E-state index in [9.17, 15) is 4.79 Å². The molecule has 14 heavy (non-hydrogen) atoms. The fourth-order valence-corrected chi connectivity index (χ4v) is 2.29. The molecule has 0 radical (unpaired) electrons. The lowest BCUT2D eigenvalue weighted by Gasteiger charge is -2.19. The van der Waals surface area contributed by atoms with Gasteiger partial charge in [-0.1, -0.05) is 27.7 Å². The van der Waals surface area contributed by atoms with Gasteiger partial charge in [-0.25, -0.2) is 0 Å². The van der Waals surface area contributed by atoms with E-state index >= 15 is 0 Å². The van der Waals surface area contributed by atoms with E-state index in [1.165, 1.54) is 6.42 Å². The Bertz CT molecular complexity index is 177. The molecule has 2 rings (SSSR count). The molecular weight excluding hydrogens is 174 g/mol. The highest BCUT2D eigenvalue weighted by Crippen LogP contribution is 2.48. The number of Topliss-reactive ketones (excluding diaryl/α,β-unsaturated/α-hetero) is 1. The zero-order valence-corrected chi connectivity index (χ0v) is 10.5. The van der Waals surface area contributed by atoms with Crippen molar-refractivity contribution in [1.29, 1.82) is 0 Å². The molecule has 0 N–H and O–H groups in total. The summed E-state index contributed by atoms with van der Waals surface area (Å²) in [7, 11) is 2.05. The van der Waals surface area contributed by atoms with Crippen LogP contribution in [0.4, 0.5) is 0 Å². The minimum Gasteiger partial charge on any atom is -0.298 e. The number of rotatable bonds is 1. The van der Waals surface area contributed by atoms with Gasteiger partial charge in [0.1, 0.15) is 5.78 Å². The van der Waals surface area contributed by atoms with Crippen molar-refractivity contribution in [3.8, 4) is 0 Å². The number of hydrogen-bond donors (Lipinski definition) is 0. The van der Waals surface area contributed by atoms with Crippen LogP contribution in [0.1, 0.15) is 41.0 Å². The summed E-state index contributed by atoms with van der Waals surface area (Å²) in [4.78, 5) is 13.2. The Morgan fingerprint density at radius 2 is 1.71 bits per heavy atom. The number of fused-ring (bicyclic) bond motifs is 1. The second kappa shape index (κ2) is 6.18. The quantitative estimate of drug-likeness (QED) is 0.647. The van der Waals surface area contributed by atoms with Gasteiger partial charge in [-0.2, -0.15) is 0 Å². The highest BCUT2D eigenvalue weighted by atomic mass is 16.1. The molecular formula is C12H25NO. The molecule has 0 aromatic heterocycles. The Morgan fingerprint density at radius 3 is 1.93 bits per heavy atom. The number of ketones is 1. The third-order valence-electron chi connectivity index (χ3n) is 2.80. The van der Waals surface area contributed by atoms with E-state index in [0.29, 0.717) is 5.78 Å². The van der Waals surface area contributed by atoms with Gasteiger partial charge >= 0.3 is 0 Å². The summed E-state index contributed by atoms with van der Waals surface area (Å²) in [5.74, 6) is 1.94. The molecule has 0 bridgehead atoms. The molecule has 2 fully saturated rings. The smallest absolute Gasteiger partial charge is 0.147 e. The topological polar surface area (TPSA) is 20.3 Å². The molecule has 0 aromatic rings. The lowest BCUT2D eigenvalue weighted by molar-refractivity contribution is -0.121. The van der Waals surface area contributed by atoms with E-state index < -0.39 is 0 Å². The Balaban J connectivity index is 0.000000379. The second-order valence-corrected chi connectivity index (χ2v) is 3.65. The molecule has 2 nitrogen and oxygen atoms in total. The first kappa shape index (κ1) is 13.6. The number of piperidine rings is 1. The van der Waals surface area contributed by atoms with Crippen molar-refractivity contribution in [1.82, 2.24) is 4.90 Å².